The maximum absolute atomic E-state index is 13.4. The number of imidazole rings is 1. The van der Waals surface area contributed by atoms with Crippen molar-refractivity contribution in [1.29, 1.82) is 0 Å². The molecule has 0 spiro atoms. The summed E-state index contributed by atoms with van der Waals surface area (Å²) in [5.74, 6) is -0.0357. The predicted octanol–water partition coefficient (Wildman–Crippen LogP) is 5.16. The number of aromatic amines is 1. The number of hydrogen-bond donors (Lipinski definition) is 3. The van der Waals surface area contributed by atoms with Gasteiger partial charge in [-0.2, -0.15) is 0 Å². The Balaban J connectivity index is 1.30. The largest absolute Gasteiger partial charge is 0.444 e. The number of benzene rings is 4. The minimum atomic E-state index is -1.69. The molecule has 0 radical (unpaired) electrons. The third-order valence-electron chi connectivity index (χ3n) is 6.67. The molecule has 2 amide bonds. The maximum Gasteiger partial charge on any atom is 0.414 e. The first-order valence-electron chi connectivity index (χ1n) is 12.2. The second-order valence-corrected chi connectivity index (χ2v) is 9.10. The molecular weight excluding hydrogens is 480 g/mol. The SMILES string of the molecule is O=C(Nc1nc2ccc(C3(O)c4ccccc4C(=O)N3Cc3ccccc3)cc2[nH]1)OCc1ccccc1. The van der Waals surface area contributed by atoms with E-state index in [0.29, 0.717) is 27.7 Å². The fourth-order valence-corrected chi connectivity index (χ4v) is 4.82. The van der Waals surface area contributed by atoms with Gasteiger partial charge in [0.2, 0.25) is 5.95 Å². The van der Waals surface area contributed by atoms with E-state index in [4.69, 9.17) is 4.74 Å². The van der Waals surface area contributed by atoms with E-state index >= 15 is 0 Å². The molecular formula is C30H24N4O4. The van der Waals surface area contributed by atoms with Crippen molar-refractivity contribution in [2.45, 2.75) is 18.9 Å². The lowest BCUT2D eigenvalue weighted by Gasteiger charge is -2.35. The number of nitrogens with one attached hydrogen (secondary N) is 2. The van der Waals surface area contributed by atoms with Gasteiger partial charge in [0.1, 0.15) is 6.61 Å². The fourth-order valence-electron chi connectivity index (χ4n) is 4.82. The Morgan fingerprint density at radius 3 is 2.37 bits per heavy atom. The van der Waals surface area contributed by atoms with Crippen LogP contribution in [0, 0.1) is 0 Å². The fraction of sp³-hybridized carbons (Fsp3) is 0.100. The highest BCUT2D eigenvalue weighted by Gasteiger charge is 2.49. The number of carbonyl (C=O) groups is 2. The Labute approximate surface area is 218 Å². The zero-order chi connectivity index (χ0) is 26.1. The summed E-state index contributed by atoms with van der Waals surface area (Å²) in [6.45, 7) is 0.362. The van der Waals surface area contributed by atoms with Crippen LogP contribution in [0.5, 0.6) is 0 Å². The second kappa shape index (κ2) is 9.49. The Bertz CT molecular complexity index is 1630. The van der Waals surface area contributed by atoms with E-state index in [1.54, 1.807) is 42.5 Å². The summed E-state index contributed by atoms with van der Waals surface area (Å²) in [5.41, 5.74) is 2.73. The molecule has 0 saturated heterocycles. The molecule has 1 unspecified atom stereocenters. The van der Waals surface area contributed by atoms with Crippen LogP contribution in [-0.4, -0.2) is 32.0 Å². The number of anilines is 1. The van der Waals surface area contributed by atoms with Gasteiger partial charge in [-0.3, -0.25) is 15.0 Å². The lowest BCUT2D eigenvalue weighted by atomic mass is 9.93. The number of hydrogen-bond acceptors (Lipinski definition) is 5. The van der Waals surface area contributed by atoms with E-state index in [2.05, 4.69) is 15.3 Å². The molecule has 188 valence electrons. The van der Waals surface area contributed by atoms with Gasteiger partial charge in [0.25, 0.3) is 5.91 Å². The normalized spacial score (nSPS) is 16.4. The summed E-state index contributed by atoms with van der Waals surface area (Å²) >= 11 is 0. The number of fused-ring (bicyclic) bond motifs is 2. The Morgan fingerprint density at radius 1 is 0.921 bits per heavy atom. The molecule has 0 fully saturated rings. The number of H-pyrrole nitrogens is 1. The van der Waals surface area contributed by atoms with Gasteiger partial charge >= 0.3 is 6.09 Å². The van der Waals surface area contributed by atoms with Crippen LogP contribution in [0.1, 0.15) is 32.6 Å². The van der Waals surface area contributed by atoms with E-state index in [-0.39, 0.29) is 25.0 Å². The van der Waals surface area contributed by atoms with Crippen molar-refractivity contribution in [3.8, 4) is 0 Å². The van der Waals surface area contributed by atoms with Gasteiger partial charge in [-0.1, -0.05) is 84.9 Å². The number of aromatic nitrogens is 2. The summed E-state index contributed by atoms with van der Waals surface area (Å²) < 4.78 is 5.28. The molecule has 6 rings (SSSR count). The van der Waals surface area contributed by atoms with Crippen molar-refractivity contribution < 1.29 is 19.4 Å². The second-order valence-electron chi connectivity index (χ2n) is 9.10. The quantitative estimate of drug-likeness (QED) is 0.296. The van der Waals surface area contributed by atoms with Crippen LogP contribution in [0.3, 0.4) is 0 Å². The van der Waals surface area contributed by atoms with E-state index in [0.717, 1.165) is 11.1 Å². The molecule has 0 bridgehead atoms. The van der Waals surface area contributed by atoms with Crippen LogP contribution >= 0.6 is 0 Å². The van der Waals surface area contributed by atoms with Gasteiger partial charge < -0.3 is 14.8 Å². The van der Waals surface area contributed by atoms with Crippen LogP contribution in [0.4, 0.5) is 10.7 Å². The minimum absolute atomic E-state index is 0.134. The van der Waals surface area contributed by atoms with E-state index in [1.165, 1.54) is 4.90 Å². The molecule has 38 heavy (non-hydrogen) atoms. The van der Waals surface area contributed by atoms with E-state index in [9.17, 15) is 14.7 Å². The highest BCUT2D eigenvalue weighted by atomic mass is 16.5. The number of aliphatic hydroxyl groups is 1. The van der Waals surface area contributed by atoms with Gasteiger partial charge in [-0.25, -0.2) is 9.78 Å². The van der Waals surface area contributed by atoms with Crippen molar-refractivity contribution in [1.82, 2.24) is 14.9 Å². The van der Waals surface area contributed by atoms with Crippen LogP contribution in [-0.2, 0) is 23.6 Å². The van der Waals surface area contributed by atoms with Crippen LogP contribution in [0.25, 0.3) is 11.0 Å². The molecule has 8 heteroatoms. The van der Waals surface area contributed by atoms with Gasteiger partial charge in [0.05, 0.1) is 11.0 Å². The van der Waals surface area contributed by atoms with Gasteiger partial charge in [0, 0.05) is 23.2 Å². The number of carbonyl (C=O) groups excluding carboxylic acids is 2. The number of rotatable bonds is 6. The van der Waals surface area contributed by atoms with Crippen molar-refractivity contribution in [3.05, 3.63) is 131 Å². The standard InChI is InChI=1S/C30H24N4O4/c35-27-23-13-7-8-14-24(23)30(37,34(27)18-20-9-3-1-4-10-20)22-15-16-25-26(17-22)32-28(31-25)33-29(36)38-19-21-11-5-2-6-12-21/h1-17,37H,18-19H2,(H2,31,32,33,36). The molecule has 0 saturated carbocycles. The third-order valence-corrected chi connectivity index (χ3v) is 6.67. The van der Waals surface area contributed by atoms with Gasteiger partial charge in [-0.05, 0) is 29.3 Å². The van der Waals surface area contributed by atoms with Crippen LogP contribution in [0.2, 0.25) is 0 Å². The maximum atomic E-state index is 13.4. The van der Waals surface area contributed by atoms with Crippen molar-refractivity contribution >= 4 is 29.0 Å². The first-order chi connectivity index (χ1) is 18.5. The molecule has 8 nitrogen and oxygen atoms in total. The highest BCUT2D eigenvalue weighted by molar-refractivity contribution is 6.00. The lowest BCUT2D eigenvalue weighted by molar-refractivity contribution is -0.0542. The molecule has 1 aromatic heterocycles. The van der Waals surface area contributed by atoms with Crippen molar-refractivity contribution in [2.75, 3.05) is 5.32 Å². The van der Waals surface area contributed by atoms with Crippen molar-refractivity contribution in [2.24, 2.45) is 0 Å². The summed E-state index contributed by atoms with van der Waals surface area (Å²) in [5, 5.41) is 14.8. The molecule has 3 N–H and O–H groups in total. The first kappa shape index (κ1) is 23.4. The first-order valence-corrected chi connectivity index (χ1v) is 12.2. The topological polar surface area (TPSA) is 108 Å². The molecule has 0 aliphatic carbocycles. The summed E-state index contributed by atoms with van der Waals surface area (Å²) in [4.78, 5) is 34.7. The molecule has 4 aromatic carbocycles. The molecule has 5 aromatic rings. The summed E-state index contributed by atoms with van der Waals surface area (Å²) in [6, 6.07) is 31.3. The number of nitrogens with zero attached hydrogens (tertiary/aromatic N) is 2. The zero-order valence-electron chi connectivity index (χ0n) is 20.3. The Hall–Kier alpha value is -4.95. The highest BCUT2D eigenvalue weighted by Crippen LogP contribution is 2.43. The lowest BCUT2D eigenvalue weighted by Crippen LogP contribution is -2.44. The Morgan fingerprint density at radius 2 is 1.61 bits per heavy atom. The summed E-state index contributed by atoms with van der Waals surface area (Å²) in [6.07, 6.45) is -0.642. The Kier molecular flexibility index (Phi) is 5.86. The van der Waals surface area contributed by atoms with E-state index < -0.39 is 11.8 Å². The van der Waals surface area contributed by atoms with Crippen LogP contribution in [0.15, 0.2) is 103 Å². The third kappa shape index (κ3) is 4.16. The average molecular weight is 505 g/mol. The zero-order valence-corrected chi connectivity index (χ0v) is 20.3. The number of ether oxygens (including phenoxy) is 1. The minimum Gasteiger partial charge on any atom is -0.444 e. The monoisotopic (exact) mass is 504 g/mol. The summed E-state index contributed by atoms with van der Waals surface area (Å²) in [7, 11) is 0. The average Bonchev–Trinajstić information content (AvgIpc) is 3.45. The van der Waals surface area contributed by atoms with Gasteiger partial charge in [-0.15, -0.1) is 0 Å². The molecule has 1 atom stereocenters. The van der Waals surface area contributed by atoms with Crippen LogP contribution < -0.4 is 5.32 Å². The number of amides is 2. The smallest absolute Gasteiger partial charge is 0.414 e. The van der Waals surface area contributed by atoms with Gasteiger partial charge in [0.15, 0.2) is 5.72 Å². The predicted molar refractivity (Wildman–Crippen MR) is 142 cm³/mol. The molecule has 2 heterocycles. The van der Waals surface area contributed by atoms with Crippen molar-refractivity contribution in [3.63, 3.8) is 0 Å². The molecule has 1 aliphatic heterocycles. The molecule has 1 aliphatic rings. The van der Waals surface area contributed by atoms with E-state index in [1.807, 2.05) is 60.7 Å².